The minimum absolute atomic E-state index is 0.379. The van der Waals surface area contributed by atoms with Crippen LogP contribution in [0.3, 0.4) is 0 Å². The molecule has 0 aliphatic heterocycles. The Morgan fingerprint density at radius 3 is 3.00 bits per heavy atom. The molecule has 2 N–H and O–H groups in total. The Morgan fingerprint density at radius 1 is 1.70 bits per heavy atom. The SMILES string of the molecule is N#Cc1ccc[c]c1CN. The molecule has 0 fully saturated rings. The van der Waals surface area contributed by atoms with E-state index in [1.807, 2.05) is 6.07 Å². The van der Waals surface area contributed by atoms with Crippen LogP contribution < -0.4 is 5.73 Å². The Hall–Kier alpha value is -1.33. The number of hydrogen-bond acceptors (Lipinski definition) is 2. The van der Waals surface area contributed by atoms with E-state index in [1.54, 1.807) is 18.2 Å². The maximum absolute atomic E-state index is 8.52. The van der Waals surface area contributed by atoms with Gasteiger partial charge in [-0.2, -0.15) is 5.26 Å². The van der Waals surface area contributed by atoms with Gasteiger partial charge in [-0.25, -0.2) is 0 Å². The van der Waals surface area contributed by atoms with E-state index in [9.17, 15) is 0 Å². The maximum Gasteiger partial charge on any atom is 0.0995 e. The van der Waals surface area contributed by atoms with Gasteiger partial charge in [0.15, 0.2) is 0 Å². The summed E-state index contributed by atoms with van der Waals surface area (Å²) in [4.78, 5) is 0. The molecular formula is C8H7N2. The molecule has 0 amide bonds. The average Bonchev–Trinajstić information content (AvgIpc) is 2.04. The fourth-order valence-corrected chi connectivity index (χ4v) is 0.745. The molecule has 0 aromatic heterocycles. The number of rotatable bonds is 1. The number of benzene rings is 1. The van der Waals surface area contributed by atoms with Gasteiger partial charge in [-0.05, 0) is 17.7 Å². The second-order valence-electron chi connectivity index (χ2n) is 1.88. The van der Waals surface area contributed by atoms with E-state index in [0.29, 0.717) is 12.1 Å². The highest BCUT2D eigenvalue weighted by molar-refractivity contribution is 5.36. The van der Waals surface area contributed by atoms with Crippen LogP contribution in [-0.2, 0) is 6.54 Å². The molecule has 0 heterocycles. The van der Waals surface area contributed by atoms with Gasteiger partial charge in [0.25, 0.3) is 0 Å². The van der Waals surface area contributed by atoms with Crippen molar-refractivity contribution in [3.8, 4) is 6.07 Å². The van der Waals surface area contributed by atoms with Crippen LogP contribution in [0.25, 0.3) is 0 Å². The number of nitriles is 1. The van der Waals surface area contributed by atoms with Crippen molar-refractivity contribution in [2.24, 2.45) is 5.73 Å². The molecule has 0 aliphatic rings. The Kier molecular flexibility index (Phi) is 2.03. The van der Waals surface area contributed by atoms with E-state index in [1.165, 1.54) is 0 Å². The van der Waals surface area contributed by atoms with E-state index in [0.717, 1.165) is 5.56 Å². The molecule has 2 nitrogen and oxygen atoms in total. The Labute approximate surface area is 59.9 Å². The zero-order valence-corrected chi connectivity index (χ0v) is 5.46. The van der Waals surface area contributed by atoms with Gasteiger partial charge in [0, 0.05) is 6.54 Å². The highest BCUT2D eigenvalue weighted by Gasteiger charge is 1.95. The van der Waals surface area contributed by atoms with E-state index < -0.39 is 0 Å². The predicted octanol–water partition coefficient (Wildman–Crippen LogP) is 0.817. The maximum atomic E-state index is 8.52. The van der Waals surface area contributed by atoms with Crippen LogP contribution >= 0.6 is 0 Å². The molecule has 0 atom stereocenters. The smallest absolute Gasteiger partial charge is 0.0995 e. The topological polar surface area (TPSA) is 49.8 Å². The summed E-state index contributed by atoms with van der Waals surface area (Å²) >= 11 is 0. The summed E-state index contributed by atoms with van der Waals surface area (Å²) in [7, 11) is 0. The molecule has 1 rings (SSSR count). The zero-order chi connectivity index (χ0) is 7.40. The van der Waals surface area contributed by atoms with Crippen LogP contribution in [0.1, 0.15) is 11.1 Å². The van der Waals surface area contributed by atoms with Gasteiger partial charge >= 0.3 is 0 Å². The largest absolute Gasteiger partial charge is 0.326 e. The summed E-state index contributed by atoms with van der Waals surface area (Å²) < 4.78 is 0. The Bertz CT molecular complexity index is 260. The third-order valence-electron chi connectivity index (χ3n) is 1.27. The van der Waals surface area contributed by atoms with Crippen molar-refractivity contribution in [1.29, 1.82) is 5.26 Å². The summed E-state index contributed by atoms with van der Waals surface area (Å²) in [5.41, 5.74) is 6.74. The van der Waals surface area contributed by atoms with Crippen molar-refractivity contribution in [3.05, 3.63) is 35.4 Å². The van der Waals surface area contributed by atoms with Crippen molar-refractivity contribution in [3.63, 3.8) is 0 Å². The first-order valence-electron chi connectivity index (χ1n) is 2.98. The highest BCUT2D eigenvalue weighted by Crippen LogP contribution is 2.03. The molecule has 1 aromatic rings. The Morgan fingerprint density at radius 2 is 2.50 bits per heavy atom. The van der Waals surface area contributed by atoms with Crippen LogP contribution in [-0.4, -0.2) is 0 Å². The third-order valence-corrected chi connectivity index (χ3v) is 1.27. The van der Waals surface area contributed by atoms with Crippen LogP contribution in [0.5, 0.6) is 0 Å². The lowest BCUT2D eigenvalue weighted by Crippen LogP contribution is -1.98. The Balaban J connectivity index is 3.12. The number of hydrogen-bond donors (Lipinski definition) is 1. The van der Waals surface area contributed by atoms with Gasteiger partial charge in [-0.1, -0.05) is 12.1 Å². The molecule has 10 heavy (non-hydrogen) atoms. The molecule has 1 aromatic carbocycles. The van der Waals surface area contributed by atoms with Gasteiger partial charge in [-0.15, -0.1) is 0 Å². The van der Waals surface area contributed by atoms with E-state index in [2.05, 4.69) is 6.07 Å². The molecule has 0 spiro atoms. The summed E-state index contributed by atoms with van der Waals surface area (Å²) in [5.74, 6) is 0. The van der Waals surface area contributed by atoms with Crippen molar-refractivity contribution in [2.75, 3.05) is 0 Å². The quantitative estimate of drug-likeness (QED) is 0.613. The lowest BCUT2D eigenvalue weighted by Gasteiger charge is -1.95. The van der Waals surface area contributed by atoms with Crippen LogP contribution in [0, 0.1) is 17.4 Å². The predicted molar refractivity (Wildman–Crippen MR) is 37.9 cm³/mol. The van der Waals surface area contributed by atoms with Gasteiger partial charge in [0.1, 0.15) is 0 Å². The second kappa shape index (κ2) is 3.00. The van der Waals surface area contributed by atoms with E-state index in [-0.39, 0.29) is 0 Å². The summed E-state index contributed by atoms with van der Waals surface area (Å²) in [6, 6.07) is 10.2. The molecule has 0 bridgehead atoms. The monoisotopic (exact) mass is 131 g/mol. The fourth-order valence-electron chi connectivity index (χ4n) is 0.745. The third kappa shape index (κ3) is 1.15. The second-order valence-corrected chi connectivity index (χ2v) is 1.88. The molecule has 1 radical (unpaired) electrons. The molecule has 0 aliphatic carbocycles. The number of nitrogens with zero attached hydrogens (tertiary/aromatic N) is 1. The van der Waals surface area contributed by atoms with Crippen molar-refractivity contribution >= 4 is 0 Å². The molecule has 0 saturated carbocycles. The van der Waals surface area contributed by atoms with Crippen molar-refractivity contribution < 1.29 is 0 Å². The molecule has 49 valence electrons. The minimum atomic E-state index is 0.379. The van der Waals surface area contributed by atoms with Gasteiger partial charge < -0.3 is 5.73 Å². The highest BCUT2D eigenvalue weighted by atomic mass is 14.5. The molecular weight excluding hydrogens is 124 g/mol. The van der Waals surface area contributed by atoms with Crippen molar-refractivity contribution in [1.82, 2.24) is 0 Å². The first-order valence-corrected chi connectivity index (χ1v) is 2.98. The minimum Gasteiger partial charge on any atom is -0.326 e. The van der Waals surface area contributed by atoms with Gasteiger partial charge in [-0.3, -0.25) is 0 Å². The van der Waals surface area contributed by atoms with Crippen LogP contribution in [0.2, 0.25) is 0 Å². The van der Waals surface area contributed by atoms with Gasteiger partial charge in [0.05, 0.1) is 11.6 Å². The molecule has 2 heteroatoms. The summed E-state index contributed by atoms with van der Waals surface area (Å²) in [6.45, 7) is 0.379. The van der Waals surface area contributed by atoms with Gasteiger partial charge in [0.2, 0.25) is 0 Å². The lowest BCUT2D eigenvalue weighted by molar-refractivity contribution is 1.06. The summed E-state index contributed by atoms with van der Waals surface area (Å²) in [5, 5.41) is 8.52. The average molecular weight is 131 g/mol. The molecule has 0 unspecified atom stereocenters. The van der Waals surface area contributed by atoms with Crippen LogP contribution in [0.15, 0.2) is 18.2 Å². The van der Waals surface area contributed by atoms with E-state index >= 15 is 0 Å². The van der Waals surface area contributed by atoms with Crippen molar-refractivity contribution in [2.45, 2.75) is 6.54 Å². The first-order chi connectivity index (χ1) is 4.88. The first kappa shape index (κ1) is 6.79. The number of nitrogens with two attached hydrogens (primary N) is 1. The fraction of sp³-hybridized carbons (Fsp3) is 0.125. The van der Waals surface area contributed by atoms with E-state index in [4.69, 9.17) is 11.0 Å². The van der Waals surface area contributed by atoms with Crippen LogP contribution in [0.4, 0.5) is 0 Å². The lowest BCUT2D eigenvalue weighted by atomic mass is 10.1. The normalized spacial score (nSPS) is 8.80. The standard InChI is InChI=1S/C8H7N2/c9-5-7-3-1-2-4-8(7)6-10/h1-3H,6,10H2. The molecule has 0 saturated heterocycles. The zero-order valence-electron chi connectivity index (χ0n) is 5.46. The summed E-state index contributed by atoms with van der Waals surface area (Å²) in [6.07, 6.45) is 0.